The number of benzene rings is 2. The van der Waals surface area contributed by atoms with Crippen LogP contribution in [-0.4, -0.2) is 43.2 Å². The summed E-state index contributed by atoms with van der Waals surface area (Å²) in [6.45, 7) is 3.36. The van der Waals surface area contributed by atoms with Crippen molar-refractivity contribution in [3.8, 4) is 5.75 Å². The lowest BCUT2D eigenvalue weighted by atomic mass is 10.3. The second-order valence-corrected chi connectivity index (χ2v) is 8.67. The zero-order chi connectivity index (χ0) is 21.6. The Bertz CT molecular complexity index is 991. The number of rotatable bonds is 9. The number of nitro groups is 1. The summed E-state index contributed by atoms with van der Waals surface area (Å²) in [4.78, 5) is 22.5. The number of halogens is 1. The van der Waals surface area contributed by atoms with Gasteiger partial charge >= 0.3 is 5.69 Å². The van der Waals surface area contributed by atoms with E-state index in [0.29, 0.717) is 5.69 Å². The number of carbonyl (C=O) groups excluding carboxylic acids is 1. The van der Waals surface area contributed by atoms with Crippen LogP contribution in [0.2, 0.25) is 0 Å². The number of hydrogen-bond donors (Lipinski definition) is 1. The topological polar surface area (TPSA) is 119 Å². The van der Waals surface area contributed by atoms with E-state index < -0.39 is 33.1 Å². The van der Waals surface area contributed by atoms with Crippen LogP contribution >= 0.6 is 15.9 Å². The van der Waals surface area contributed by atoms with Crippen LogP contribution in [0.1, 0.15) is 13.8 Å². The summed E-state index contributed by atoms with van der Waals surface area (Å²) in [6, 6.07) is 10.2. The fourth-order valence-electron chi connectivity index (χ4n) is 2.51. The summed E-state index contributed by atoms with van der Waals surface area (Å²) in [5.74, 6) is -0.707. The molecule has 0 aromatic heterocycles. The zero-order valence-electron chi connectivity index (χ0n) is 15.8. The number of anilines is 1. The second kappa shape index (κ2) is 9.81. The van der Waals surface area contributed by atoms with Gasteiger partial charge in [-0.15, -0.1) is 0 Å². The van der Waals surface area contributed by atoms with Gasteiger partial charge in [-0.25, -0.2) is 8.42 Å². The molecule has 29 heavy (non-hydrogen) atoms. The molecular weight excluding hydrogens is 466 g/mol. The van der Waals surface area contributed by atoms with Gasteiger partial charge in [-0.1, -0.05) is 29.8 Å². The summed E-state index contributed by atoms with van der Waals surface area (Å²) >= 11 is 3.29. The molecule has 0 fully saturated rings. The number of ether oxygens (including phenoxy) is 1. The monoisotopic (exact) mass is 485 g/mol. The third kappa shape index (κ3) is 5.75. The molecule has 2 aromatic rings. The Morgan fingerprint density at radius 1 is 1.17 bits per heavy atom. The summed E-state index contributed by atoms with van der Waals surface area (Å²) in [6.07, 6.45) is 0. The van der Waals surface area contributed by atoms with Gasteiger partial charge in [-0.05, 0) is 36.4 Å². The molecule has 0 radical (unpaired) electrons. The minimum Gasteiger partial charge on any atom is -0.477 e. The molecule has 0 aliphatic heterocycles. The Hall–Kier alpha value is -2.50. The van der Waals surface area contributed by atoms with Crippen molar-refractivity contribution in [2.45, 2.75) is 18.7 Å². The first-order chi connectivity index (χ1) is 13.7. The lowest BCUT2D eigenvalue weighted by molar-refractivity contribution is -0.386. The molecule has 9 nitrogen and oxygen atoms in total. The molecule has 0 unspecified atom stereocenters. The normalized spacial score (nSPS) is 11.3. The van der Waals surface area contributed by atoms with E-state index in [1.54, 1.807) is 38.1 Å². The fraction of sp³-hybridized carbons (Fsp3) is 0.278. The van der Waals surface area contributed by atoms with Gasteiger partial charge in [-0.3, -0.25) is 14.9 Å². The van der Waals surface area contributed by atoms with Crippen molar-refractivity contribution in [2.75, 3.05) is 25.0 Å². The number of amides is 1. The average molecular weight is 486 g/mol. The molecule has 2 aromatic carbocycles. The van der Waals surface area contributed by atoms with Gasteiger partial charge in [0.25, 0.3) is 5.91 Å². The molecule has 0 bridgehead atoms. The van der Waals surface area contributed by atoms with Crippen LogP contribution < -0.4 is 10.1 Å². The number of sulfonamides is 1. The van der Waals surface area contributed by atoms with Crippen LogP contribution in [0.5, 0.6) is 5.75 Å². The highest BCUT2D eigenvalue weighted by Crippen LogP contribution is 2.31. The highest BCUT2D eigenvalue weighted by molar-refractivity contribution is 9.10. The van der Waals surface area contributed by atoms with Gasteiger partial charge in [0.15, 0.2) is 12.4 Å². The van der Waals surface area contributed by atoms with Crippen LogP contribution in [0.4, 0.5) is 11.4 Å². The van der Waals surface area contributed by atoms with Crippen molar-refractivity contribution < 1.29 is 22.9 Å². The van der Waals surface area contributed by atoms with E-state index in [4.69, 9.17) is 4.74 Å². The summed E-state index contributed by atoms with van der Waals surface area (Å²) < 4.78 is 32.4. The lowest BCUT2D eigenvalue weighted by Crippen LogP contribution is -2.30. The Balaban J connectivity index is 2.17. The highest BCUT2D eigenvalue weighted by Gasteiger charge is 2.26. The van der Waals surface area contributed by atoms with Crippen molar-refractivity contribution >= 4 is 43.2 Å². The van der Waals surface area contributed by atoms with E-state index in [2.05, 4.69) is 21.2 Å². The first-order valence-corrected chi connectivity index (χ1v) is 10.9. The summed E-state index contributed by atoms with van der Waals surface area (Å²) in [5, 5.41) is 14.0. The third-order valence-electron chi connectivity index (χ3n) is 3.96. The Labute approximate surface area is 177 Å². The highest BCUT2D eigenvalue weighted by atomic mass is 79.9. The number of hydrogen-bond acceptors (Lipinski definition) is 6. The van der Waals surface area contributed by atoms with Crippen LogP contribution in [0, 0.1) is 10.1 Å². The SMILES string of the molecule is CCN(CC)S(=O)(=O)c1ccc(OCC(=O)Nc2ccc(Br)cc2)c([N+](=O)[O-])c1. The van der Waals surface area contributed by atoms with E-state index >= 15 is 0 Å². The maximum absolute atomic E-state index is 12.6. The predicted octanol–water partition coefficient (Wildman–Crippen LogP) is 3.41. The van der Waals surface area contributed by atoms with E-state index in [1.807, 2.05) is 0 Å². The van der Waals surface area contributed by atoms with E-state index in [1.165, 1.54) is 16.4 Å². The zero-order valence-corrected chi connectivity index (χ0v) is 18.2. The lowest BCUT2D eigenvalue weighted by Gasteiger charge is -2.18. The smallest absolute Gasteiger partial charge is 0.312 e. The Morgan fingerprint density at radius 3 is 2.34 bits per heavy atom. The molecule has 156 valence electrons. The van der Waals surface area contributed by atoms with Crippen molar-refractivity contribution in [3.05, 3.63) is 57.1 Å². The van der Waals surface area contributed by atoms with Gasteiger partial charge in [0.05, 0.1) is 9.82 Å². The molecule has 1 amide bonds. The maximum atomic E-state index is 12.6. The second-order valence-electron chi connectivity index (χ2n) is 5.82. The molecule has 0 aliphatic rings. The molecule has 0 atom stereocenters. The third-order valence-corrected chi connectivity index (χ3v) is 6.53. The van der Waals surface area contributed by atoms with Crippen molar-refractivity contribution in [1.82, 2.24) is 4.31 Å². The van der Waals surface area contributed by atoms with Crippen molar-refractivity contribution in [2.24, 2.45) is 0 Å². The van der Waals surface area contributed by atoms with Crippen LogP contribution in [0.3, 0.4) is 0 Å². The molecule has 0 heterocycles. The van der Waals surface area contributed by atoms with Crippen LogP contribution in [-0.2, 0) is 14.8 Å². The number of nitro benzene ring substituents is 1. The largest absolute Gasteiger partial charge is 0.477 e. The Kier molecular flexibility index (Phi) is 7.71. The molecule has 0 saturated heterocycles. The molecule has 2 rings (SSSR count). The van der Waals surface area contributed by atoms with Gasteiger partial charge in [0, 0.05) is 29.3 Å². The van der Waals surface area contributed by atoms with Gasteiger partial charge < -0.3 is 10.1 Å². The van der Waals surface area contributed by atoms with E-state index in [9.17, 15) is 23.3 Å². The quantitative estimate of drug-likeness (QED) is 0.429. The molecule has 11 heteroatoms. The molecule has 0 saturated carbocycles. The van der Waals surface area contributed by atoms with Crippen LogP contribution in [0.15, 0.2) is 51.8 Å². The van der Waals surface area contributed by atoms with Crippen molar-refractivity contribution in [3.63, 3.8) is 0 Å². The van der Waals surface area contributed by atoms with E-state index in [-0.39, 0.29) is 23.7 Å². The number of nitrogens with zero attached hydrogens (tertiary/aromatic N) is 2. The molecular formula is C18H20BrN3O6S. The summed E-state index contributed by atoms with van der Waals surface area (Å²) in [5.41, 5.74) is 0.00614. The molecule has 0 spiro atoms. The van der Waals surface area contributed by atoms with Crippen molar-refractivity contribution in [1.29, 1.82) is 0 Å². The van der Waals surface area contributed by atoms with Gasteiger partial charge in [0.2, 0.25) is 10.0 Å². The Morgan fingerprint density at radius 2 is 1.79 bits per heavy atom. The van der Waals surface area contributed by atoms with E-state index in [0.717, 1.165) is 10.5 Å². The van der Waals surface area contributed by atoms with Gasteiger partial charge in [0.1, 0.15) is 0 Å². The minimum atomic E-state index is -3.86. The van der Waals surface area contributed by atoms with Crippen LogP contribution in [0.25, 0.3) is 0 Å². The van der Waals surface area contributed by atoms with Gasteiger partial charge in [-0.2, -0.15) is 4.31 Å². The average Bonchev–Trinajstić information content (AvgIpc) is 2.68. The first-order valence-electron chi connectivity index (χ1n) is 8.65. The summed E-state index contributed by atoms with van der Waals surface area (Å²) in [7, 11) is -3.86. The minimum absolute atomic E-state index is 0.195. The standard InChI is InChI=1S/C18H20BrN3O6S/c1-3-21(4-2)29(26,27)15-9-10-17(16(11-15)22(24)25)28-12-18(23)20-14-7-5-13(19)6-8-14/h5-11H,3-4,12H2,1-2H3,(H,20,23). The molecule has 0 aliphatic carbocycles. The number of carbonyl (C=O) groups is 1. The number of nitrogens with one attached hydrogen (secondary N) is 1. The first kappa shape index (κ1) is 22.8. The maximum Gasteiger partial charge on any atom is 0.312 e. The fourth-order valence-corrected chi connectivity index (χ4v) is 4.25. The predicted molar refractivity (Wildman–Crippen MR) is 111 cm³/mol. The molecule has 1 N–H and O–H groups in total.